The first-order chi connectivity index (χ1) is 17.0. The number of methoxy groups -OCH3 is 1. The molecule has 0 amide bonds. The molecule has 0 aromatic heterocycles. The van der Waals surface area contributed by atoms with Crippen molar-refractivity contribution in [3.63, 3.8) is 0 Å². The van der Waals surface area contributed by atoms with Crippen molar-refractivity contribution < 1.29 is 64.2 Å². The summed E-state index contributed by atoms with van der Waals surface area (Å²) in [6.45, 7) is 2.18. The van der Waals surface area contributed by atoms with Gasteiger partial charge in [0.05, 0.1) is 37.6 Å². The summed E-state index contributed by atoms with van der Waals surface area (Å²) in [4.78, 5) is 0. The average molecular weight is 526 g/mol. The van der Waals surface area contributed by atoms with Crippen LogP contribution >= 0.6 is 0 Å². The maximum Gasteiger partial charge on any atom is 0.312 e. The molecule has 4 aliphatic rings. The van der Waals surface area contributed by atoms with Crippen LogP contribution in [0.4, 0.5) is 0 Å². The van der Waals surface area contributed by atoms with E-state index in [0.29, 0.717) is 6.42 Å². The zero-order valence-corrected chi connectivity index (χ0v) is 20.4. The Morgan fingerprint density at radius 2 is 1.61 bits per heavy atom. The van der Waals surface area contributed by atoms with Crippen LogP contribution in [0.1, 0.15) is 20.3 Å². The second kappa shape index (κ2) is 10.9. The van der Waals surface area contributed by atoms with E-state index in [2.05, 4.69) is 0 Å². The fraction of sp³-hybridized carbons (Fsp3) is 1.00. The Bertz CT molecular complexity index is 749. The number of nitrogens with two attached hydrogens (primary N) is 1. The molecular weight excluding hydrogens is 486 g/mol. The van der Waals surface area contributed by atoms with Crippen molar-refractivity contribution in [3.8, 4) is 0 Å². The van der Waals surface area contributed by atoms with Gasteiger partial charge in [-0.3, -0.25) is 0 Å². The Balaban J connectivity index is 1.56. The first kappa shape index (κ1) is 28.4. The van der Waals surface area contributed by atoms with Gasteiger partial charge in [-0.25, -0.2) is 0 Å². The zero-order chi connectivity index (χ0) is 26.5. The molecule has 3 heterocycles. The quantitative estimate of drug-likeness (QED) is 0.164. The Morgan fingerprint density at radius 3 is 2.22 bits per heavy atom. The van der Waals surface area contributed by atoms with Crippen LogP contribution < -0.4 is 5.73 Å². The third kappa shape index (κ3) is 4.71. The smallest absolute Gasteiger partial charge is 0.312 e. The lowest BCUT2D eigenvalue weighted by Gasteiger charge is -2.47. The highest BCUT2D eigenvalue weighted by molar-refractivity contribution is 5.03. The van der Waals surface area contributed by atoms with Crippen LogP contribution in [0.2, 0.25) is 0 Å². The third-order valence-electron chi connectivity index (χ3n) is 7.90. The second-order valence-corrected chi connectivity index (χ2v) is 10.3. The van der Waals surface area contributed by atoms with E-state index in [9.17, 15) is 35.7 Å². The second-order valence-electron chi connectivity index (χ2n) is 10.3. The lowest BCUT2D eigenvalue weighted by atomic mass is 9.81. The van der Waals surface area contributed by atoms with Gasteiger partial charge in [-0.1, -0.05) is 13.8 Å². The summed E-state index contributed by atoms with van der Waals surface area (Å²) in [7, 11) is 1.43. The van der Waals surface area contributed by atoms with Crippen molar-refractivity contribution in [2.24, 2.45) is 17.6 Å². The molecule has 4 rings (SSSR count). The molecule has 9 unspecified atom stereocenters. The first-order valence-corrected chi connectivity index (χ1v) is 12.2. The van der Waals surface area contributed by atoms with Gasteiger partial charge in [0.2, 0.25) is 0 Å². The topological polar surface area (TPSA) is 223 Å². The number of aliphatic hydroxyl groups is 7. The number of aliphatic hydroxyl groups excluding tert-OH is 7. The monoisotopic (exact) mass is 525 g/mol. The fourth-order valence-corrected chi connectivity index (χ4v) is 5.55. The number of hydrogen-bond donors (Lipinski definition) is 8. The number of ether oxygens (including phenoxy) is 6. The summed E-state index contributed by atoms with van der Waals surface area (Å²) >= 11 is 0. The molecule has 0 bridgehead atoms. The van der Waals surface area contributed by atoms with Crippen molar-refractivity contribution in [1.82, 2.24) is 0 Å². The maximum absolute atomic E-state index is 11.1. The average Bonchev–Trinajstić information content (AvgIpc) is 3.26. The molecular formula is C22H39NO13. The Morgan fingerprint density at radius 1 is 0.944 bits per heavy atom. The van der Waals surface area contributed by atoms with Crippen molar-refractivity contribution in [3.05, 3.63) is 0 Å². The van der Waals surface area contributed by atoms with Crippen molar-refractivity contribution in [1.29, 1.82) is 0 Å². The molecule has 36 heavy (non-hydrogen) atoms. The molecule has 4 fully saturated rings. The zero-order valence-electron chi connectivity index (χ0n) is 20.4. The van der Waals surface area contributed by atoms with Crippen molar-refractivity contribution in [2.75, 3.05) is 20.3 Å². The SMILES string of the molecule is COC1CC(C)[C@H](O)C(OC2O[C@H](CO)[C@@H]3OC4(O[C@@H]3C2O)O[C@H](C(N)CO)[C@H](O)C(C)C4O)[C@@H]1O. The van der Waals surface area contributed by atoms with Gasteiger partial charge < -0.3 is 69.9 Å². The number of fused-ring (bicyclic) bond motifs is 1. The van der Waals surface area contributed by atoms with Gasteiger partial charge in [0.1, 0.15) is 48.8 Å². The van der Waals surface area contributed by atoms with E-state index in [1.54, 1.807) is 6.92 Å². The lowest BCUT2D eigenvalue weighted by molar-refractivity contribution is -0.432. The number of rotatable bonds is 6. The maximum atomic E-state index is 11.1. The van der Waals surface area contributed by atoms with Gasteiger partial charge in [0, 0.05) is 13.0 Å². The van der Waals surface area contributed by atoms with Gasteiger partial charge >= 0.3 is 5.97 Å². The molecule has 9 N–H and O–H groups in total. The highest BCUT2D eigenvalue weighted by atomic mass is 16.9. The molecule has 210 valence electrons. The summed E-state index contributed by atoms with van der Waals surface area (Å²) in [5, 5.41) is 73.3. The summed E-state index contributed by atoms with van der Waals surface area (Å²) in [6.07, 6.45) is -14.2. The minimum absolute atomic E-state index is 0.286. The summed E-state index contributed by atoms with van der Waals surface area (Å²) in [6, 6.07) is -1.03. The highest BCUT2D eigenvalue weighted by Gasteiger charge is 2.66. The summed E-state index contributed by atoms with van der Waals surface area (Å²) in [5.74, 6) is -3.33. The first-order valence-electron chi connectivity index (χ1n) is 12.2. The van der Waals surface area contributed by atoms with Crippen molar-refractivity contribution >= 4 is 0 Å². The van der Waals surface area contributed by atoms with Gasteiger partial charge in [0.15, 0.2) is 6.29 Å². The van der Waals surface area contributed by atoms with Crippen LogP contribution in [0.3, 0.4) is 0 Å². The van der Waals surface area contributed by atoms with E-state index < -0.39 is 105 Å². The van der Waals surface area contributed by atoms with Crippen LogP contribution in [-0.4, -0.2) is 142 Å². The van der Waals surface area contributed by atoms with Gasteiger partial charge in [-0.2, -0.15) is 0 Å². The molecule has 16 atom stereocenters. The Labute approximate surface area is 208 Å². The Kier molecular flexibility index (Phi) is 8.61. The minimum Gasteiger partial charge on any atom is -0.395 e. The predicted octanol–water partition coefficient (Wildman–Crippen LogP) is -4.26. The normalized spacial score (nSPS) is 54.4. The van der Waals surface area contributed by atoms with Crippen LogP contribution in [0, 0.1) is 11.8 Å². The molecule has 14 heteroatoms. The highest BCUT2D eigenvalue weighted by Crippen LogP contribution is 2.46. The van der Waals surface area contributed by atoms with E-state index in [1.807, 2.05) is 0 Å². The van der Waals surface area contributed by atoms with Gasteiger partial charge in [-0.05, 0) is 12.3 Å². The van der Waals surface area contributed by atoms with Gasteiger partial charge in [-0.15, -0.1) is 0 Å². The van der Waals surface area contributed by atoms with E-state index >= 15 is 0 Å². The van der Waals surface area contributed by atoms with E-state index in [0.717, 1.165) is 0 Å². The van der Waals surface area contributed by atoms with Crippen LogP contribution in [0.5, 0.6) is 0 Å². The minimum atomic E-state index is -2.18. The molecule has 3 aliphatic heterocycles. The Hall–Kier alpha value is -0.560. The molecule has 0 aromatic carbocycles. The molecule has 3 saturated heterocycles. The van der Waals surface area contributed by atoms with Crippen LogP contribution in [-0.2, 0) is 28.4 Å². The molecule has 1 spiro atoms. The molecule has 1 aliphatic carbocycles. The van der Waals surface area contributed by atoms with E-state index in [-0.39, 0.29) is 5.92 Å². The largest absolute Gasteiger partial charge is 0.395 e. The van der Waals surface area contributed by atoms with Gasteiger partial charge in [0.25, 0.3) is 0 Å². The van der Waals surface area contributed by atoms with Crippen LogP contribution in [0.25, 0.3) is 0 Å². The molecule has 0 radical (unpaired) electrons. The lowest BCUT2D eigenvalue weighted by Crippen LogP contribution is -2.66. The van der Waals surface area contributed by atoms with Crippen LogP contribution in [0.15, 0.2) is 0 Å². The van der Waals surface area contributed by atoms with Crippen molar-refractivity contribution in [2.45, 2.75) is 106 Å². The van der Waals surface area contributed by atoms with E-state index in [4.69, 9.17) is 34.2 Å². The third-order valence-corrected chi connectivity index (χ3v) is 7.90. The molecule has 14 nitrogen and oxygen atoms in total. The molecule has 1 saturated carbocycles. The molecule has 0 aromatic rings. The van der Waals surface area contributed by atoms with E-state index in [1.165, 1.54) is 14.0 Å². The summed E-state index contributed by atoms with van der Waals surface area (Å²) in [5.41, 5.74) is 5.89. The summed E-state index contributed by atoms with van der Waals surface area (Å²) < 4.78 is 34.4. The fourth-order valence-electron chi connectivity index (χ4n) is 5.55. The standard InChI is InChI=1S/C22H39NO13/c1-7-4-10(31-3)14(28)18(12(7)26)33-21-15(29)19-17(11(6-25)32-21)35-22(36-19)20(30)8(2)13(27)16(34-22)9(23)5-24/h7-21,24-30H,4-6,23H2,1-3H3/t7?,8?,9?,10?,11-,12+,13-,14-,15?,16-,17+,18?,19-,20?,21?,22?/m1/s1. The predicted molar refractivity (Wildman–Crippen MR) is 117 cm³/mol. The number of hydrogen-bond acceptors (Lipinski definition) is 14.